The van der Waals surface area contributed by atoms with E-state index >= 15 is 0 Å². The molecule has 2 aromatic rings. The number of fused-ring (bicyclic) bond motifs is 1. The van der Waals surface area contributed by atoms with E-state index in [1.807, 2.05) is 48.5 Å². The standard InChI is InChI=1S/C20H21NO3/c1-15-12-20(17-10-6-3-7-11-17)18(24-20)13-21(15)19(22)23-14-16-8-4-2-5-9-16/h2-11,15,18H,12-14H2,1H3. The van der Waals surface area contributed by atoms with Gasteiger partial charge in [0.1, 0.15) is 18.3 Å². The second kappa shape index (κ2) is 5.95. The van der Waals surface area contributed by atoms with E-state index in [1.165, 1.54) is 5.56 Å². The van der Waals surface area contributed by atoms with Gasteiger partial charge in [0.2, 0.25) is 0 Å². The molecule has 2 saturated heterocycles. The van der Waals surface area contributed by atoms with Crippen molar-refractivity contribution in [2.45, 2.75) is 37.7 Å². The van der Waals surface area contributed by atoms with Crippen LogP contribution < -0.4 is 0 Å². The topological polar surface area (TPSA) is 42.1 Å². The maximum Gasteiger partial charge on any atom is 0.410 e. The van der Waals surface area contributed by atoms with Gasteiger partial charge in [-0.05, 0) is 18.1 Å². The number of benzene rings is 2. The third-order valence-corrected chi connectivity index (χ3v) is 5.01. The monoisotopic (exact) mass is 323 g/mol. The van der Waals surface area contributed by atoms with Crippen LogP contribution >= 0.6 is 0 Å². The molecule has 0 N–H and O–H groups in total. The molecule has 0 aliphatic carbocycles. The lowest BCUT2D eigenvalue weighted by Gasteiger charge is -2.34. The van der Waals surface area contributed by atoms with Crippen LogP contribution in [0.3, 0.4) is 0 Å². The smallest absolute Gasteiger partial charge is 0.410 e. The molecule has 2 fully saturated rings. The van der Waals surface area contributed by atoms with E-state index < -0.39 is 0 Å². The first kappa shape index (κ1) is 15.2. The number of carbonyl (C=O) groups excluding carboxylic acids is 1. The SMILES string of the molecule is CC1CC2(c3ccccc3)OC2CN1C(=O)OCc1ccccc1. The highest BCUT2D eigenvalue weighted by Gasteiger charge is 2.62. The van der Waals surface area contributed by atoms with E-state index in [9.17, 15) is 4.79 Å². The van der Waals surface area contributed by atoms with Crippen molar-refractivity contribution in [2.75, 3.05) is 6.54 Å². The highest BCUT2D eigenvalue weighted by molar-refractivity contribution is 5.68. The van der Waals surface area contributed by atoms with Crippen molar-refractivity contribution in [3.63, 3.8) is 0 Å². The number of amides is 1. The predicted molar refractivity (Wildman–Crippen MR) is 90.4 cm³/mol. The summed E-state index contributed by atoms with van der Waals surface area (Å²) in [6, 6.07) is 20.1. The zero-order chi connectivity index (χ0) is 16.6. The van der Waals surface area contributed by atoms with Crippen molar-refractivity contribution < 1.29 is 14.3 Å². The maximum absolute atomic E-state index is 12.4. The highest BCUT2D eigenvalue weighted by Crippen LogP contribution is 2.53. The Morgan fingerprint density at radius 1 is 1.17 bits per heavy atom. The average molecular weight is 323 g/mol. The summed E-state index contributed by atoms with van der Waals surface area (Å²) in [5.74, 6) is 0. The fourth-order valence-corrected chi connectivity index (χ4v) is 3.64. The van der Waals surface area contributed by atoms with Gasteiger partial charge in [-0.15, -0.1) is 0 Å². The second-order valence-electron chi connectivity index (χ2n) is 6.61. The van der Waals surface area contributed by atoms with E-state index in [2.05, 4.69) is 19.1 Å². The van der Waals surface area contributed by atoms with Gasteiger partial charge in [-0.2, -0.15) is 0 Å². The number of carbonyl (C=O) groups is 1. The quantitative estimate of drug-likeness (QED) is 0.809. The molecule has 2 heterocycles. The number of hydrogen-bond acceptors (Lipinski definition) is 3. The van der Waals surface area contributed by atoms with Crippen molar-refractivity contribution in [1.29, 1.82) is 0 Å². The molecule has 1 amide bonds. The van der Waals surface area contributed by atoms with Crippen LogP contribution in [0.15, 0.2) is 60.7 Å². The first-order valence-corrected chi connectivity index (χ1v) is 8.40. The van der Waals surface area contributed by atoms with Crippen LogP contribution in [-0.2, 0) is 21.7 Å². The molecular weight excluding hydrogens is 302 g/mol. The van der Waals surface area contributed by atoms with Gasteiger partial charge < -0.3 is 14.4 Å². The zero-order valence-corrected chi connectivity index (χ0v) is 13.7. The Bertz CT molecular complexity index is 718. The first-order chi connectivity index (χ1) is 11.7. The van der Waals surface area contributed by atoms with Crippen molar-refractivity contribution in [3.05, 3.63) is 71.8 Å². The molecule has 4 rings (SSSR count). The summed E-state index contributed by atoms with van der Waals surface area (Å²) >= 11 is 0. The molecule has 0 saturated carbocycles. The third kappa shape index (κ3) is 2.67. The number of nitrogens with zero attached hydrogens (tertiary/aromatic N) is 1. The van der Waals surface area contributed by atoms with Crippen LogP contribution in [0.5, 0.6) is 0 Å². The Morgan fingerprint density at radius 3 is 2.54 bits per heavy atom. The van der Waals surface area contributed by atoms with Gasteiger partial charge >= 0.3 is 6.09 Å². The predicted octanol–water partition coefficient (Wildman–Crippen LogP) is 3.71. The Kier molecular flexibility index (Phi) is 3.77. The highest BCUT2D eigenvalue weighted by atomic mass is 16.6. The summed E-state index contributed by atoms with van der Waals surface area (Å²) in [5, 5.41) is 0. The van der Waals surface area contributed by atoms with Crippen LogP contribution in [0.25, 0.3) is 0 Å². The number of epoxide rings is 1. The molecule has 2 aliphatic heterocycles. The van der Waals surface area contributed by atoms with Crippen LogP contribution in [0.4, 0.5) is 4.79 Å². The Hall–Kier alpha value is -2.33. The minimum absolute atomic E-state index is 0.0698. The molecule has 0 aromatic heterocycles. The fourth-order valence-electron chi connectivity index (χ4n) is 3.64. The number of hydrogen-bond donors (Lipinski definition) is 0. The lowest BCUT2D eigenvalue weighted by atomic mass is 9.85. The molecular formula is C20H21NO3. The fraction of sp³-hybridized carbons (Fsp3) is 0.350. The van der Waals surface area contributed by atoms with Gasteiger partial charge in [0, 0.05) is 12.5 Å². The molecule has 4 heteroatoms. The summed E-state index contributed by atoms with van der Waals surface area (Å²) in [6.45, 7) is 2.95. The number of likely N-dealkylation sites (tertiary alicyclic amines) is 1. The Balaban J connectivity index is 1.40. The average Bonchev–Trinajstić information content (AvgIpc) is 3.35. The van der Waals surface area contributed by atoms with E-state index in [0.29, 0.717) is 13.2 Å². The molecule has 3 atom stereocenters. The normalized spacial score (nSPS) is 28.1. The minimum atomic E-state index is -0.261. The zero-order valence-electron chi connectivity index (χ0n) is 13.7. The molecule has 0 bridgehead atoms. The van der Waals surface area contributed by atoms with Crippen LogP contribution in [0, 0.1) is 0 Å². The summed E-state index contributed by atoms with van der Waals surface area (Å²) < 4.78 is 11.5. The molecule has 3 unspecified atom stereocenters. The molecule has 2 aliphatic rings. The van der Waals surface area contributed by atoms with Gasteiger partial charge in [-0.3, -0.25) is 0 Å². The van der Waals surface area contributed by atoms with Crippen molar-refractivity contribution in [2.24, 2.45) is 0 Å². The second-order valence-corrected chi connectivity index (χ2v) is 6.61. The Labute approximate surface area is 142 Å². The van der Waals surface area contributed by atoms with Gasteiger partial charge in [0.25, 0.3) is 0 Å². The number of piperidine rings is 1. The lowest BCUT2D eigenvalue weighted by Crippen LogP contribution is -2.47. The maximum atomic E-state index is 12.4. The van der Waals surface area contributed by atoms with Crippen molar-refractivity contribution >= 4 is 6.09 Å². The molecule has 4 nitrogen and oxygen atoms in total. The Morgan fingerprint density at radius 2 is 1.83 bits per heavy atom. The van der Waals surface area contributed by atoms with Crippen molar-refractivity contribution in [3.8, 4) is 0 Å². The van der Waals surface area contributed by atoms with Gasteiger partial charge in [0.15, 0.2) is 0 Å². The van der Waals surface area contributed by atoms with Crippen molar-refractivity contribution in [1.82, 2.24) is 4.90 Å². The van der Waals surface area contributed by atoms with E-state index in [-0.39, 0.29) is 23.8 Å². The van der Waals surface area contributed by atoms with Gasteiger partial charge in [0.05, 0.1) is 6.54 Å². The lowest BCUT2D eigenvalue weighted by molar-refractivity contribution is 0.0719. The summed E-state index contributed by atoms with van der Waals surface area (Å²) in [4.78, 5) is 14.2. The van der Waals surface area contributed by atoms with E-state index in [0.717, 1.165) is 12.0 Å². The molecule has 2 aromatic carbocycles. The van der Waals surface area contributed by atoms with Crippen LogP contribution in [0.2, 0.25) is 0 Å². The van der Waals surface area contributed by atoms with Crippen LogP contribution in [-0.4, -0.2) is 29.7 Å². The van der Waals surface area contributed by atoms with E-state index in [4.69, 9.17) is 9.47 Å². The molecule has 124 valence electrons. The largest absolute Gasteiger partial charge is 0.445 e. The number of ether oxygens (including phenoxy) is 2. The van der Waals surface area contributed by atoms with Gasteiger partial charge in [-0.1, -0.05) is 60.7 Å². The first-order valence-electron chi connectivity index (χ1n) is 8.40. The summed E-state index contributed by atoms with van der Waals surface area (Å²) in [6.07, 6.45) is 0.617. The van der Waals surface area contributed by atoms with Gasteiger partial charge in [-0.25, -0.2) is 4.79 Å². The molecule has 24 heavy (non-hydrogen) atoms. The van der Waals surface area contributed by atoms with E-state index in [1.54, 1.807) is 4.90 Å². The molecule has 0 spiro atoms. The minimum Gasteiger partial charge on any atom is -0.445 e. The summed E-state index contributed by atoms with van der Waals surface area (Å²) in [5.41, 5.74) is 1.99. The number of rotatable bonds is 3. The third-order valence-electron chi connectivity index (χ3n) is 5.01. The van der Waals surface area contributed by atoms with Crippen LogP contribution in [0.1, 0.15) is 24.5 Å². The summed E-state index contributed by atoms with van der Waals surface area (Å²) in [7, 11) is 0. The molecule has 0 radical (unpaired) electrons.